The molecule has 1 aliphatic carbocycles. The van der Waals surface area contributed by atoms with Gasteiger partial charge in [0.1, 0.15) is 0 Å². The molecule has 1 fully saturated rings. The van der Waals surface area contributed by atoms with Crippen molar-refractivity contribution < 1.29 is 0 Å². The number of rotatable bonds is 3. The molecule has 1 aromatic heterocycles. The zero-order valence-corrected chi connectivity index (χ0v) is 8.23. The molecule has 1 aromatic rings. The second kappa shape index (κ2) is 2.86. The van der Waals surface area contributed by atoms with Crippen molar-refractivity contribution in [2.24, 2.45) is 11.7 Å². The normalized spacial score (nSPS) is 33.7. The van der Waals surface area contributed by atoms with E-state index in [1.165, 1.54) is 17.7 Å². The molecular formula is C10H15NS. The van der Waals surface area contributed by atoms with Crippen LogP contribution >= 0.6 is 11.3 Å². The lowest BCUT2D eigenvalue weighted by molar-refractivity contribution is 0.609. The molecule has 2 rings (SSSR count). The van der Waals surface area contributed by atoms with Gasteiger partial charge >= 0.3 is 0 Å². The van der Waals surface area contributed by atoms with E-state index in [1.54, 1.807) is 0 Å². The van der Waals surface area contributed by atoms with E-state index in [2.05, 4.69) is 24.4 Å². The zero-order valence-electron chi connectivity index (χ0n) is 7.42. The van der Waals surface area contributed by atoms with Crippen LogP contribution in [0.1, 0.15) is 24.6 Å². The van der Waals surface area contributed by atoms with Crippen LogP contribution in [0.3, 0.4) is 0 Å². The standard InChI is InChI=1S/C10H15NS/c1-2-8-6-10(8,7-11)9-4-3-5-12-9/h3-5,8H,2,6-7,11H2,1H3. The van der Waals surface area contributed by atoms with E-state index in [4.69, 9.17) is 5.73 Å². The highest BCUT2D eigenvalue weighted by Gasteiger charge is 2.53. The van der Waals surface area contributed by atoms with Crippen molar-refractivity contribution in [1.82, 2.24) is 0 Å². The van der Waals surface area contributed by atoms with Gasteiger partial charge in [-0.05, 0) is 23.8 Å². The van der Waals surface area contributed by atoms with Gasteiger partial charge in [0.05, 0.1) is 0 Å². The Kier molecular flexibility index (Phi) is 1.97. The fourth-order valence-electron chi connectivity index (χ4n) is 2.13. The van der Waals surface area contributed by atoms with Crippen molar-refractivity contribution in [1.29, 1.82) is 0 Å². The summed E-state index contributed by atoms with van der Waals surface area (Å²) in [4.78, 5) is 1.50. The average molecular weight is 181 g/mol. The lowest BCUT2D eigenvalue weighted by atomic mass is 10.0. The molecule has 0 saturated heterocycles. The third-order valence-corrected chi connectivity index (χ3v) is 4.19. The molecule has 0 bridgehead atoms. The van der Waals surface area contributed by atoms with Crippen LogP contribution in [0.2, 0.25) is 0 Å². The van der Waals surface area contributed by atoms with Gasteiger partial charge < -0.3 is 5.73 Å². The molecule has 1 aliphatic rings. The number of hydrogen-bond donors (Lipinski definition) is 1. The van der Waals surface area contributed by atoms with Crippen LogP contribution in [0.25, 0.3) is 0 Å². The van der Waals surface area contributed by atoms with Crippen molar-refractivity contribution in [3.63, 3.8) is 0 Å². The summed E-state index contributed by atoms with van der Waals surface area (Å²) in [6, 6.07) is 4.36. The molecule has 0 aliphatic heterocycles. The van der Waals surface area contributed by atoms with E-state index >= 15 is 0 Å². The fraction of sp³-hybridized carbons (Fsp3) is 0.600. The summed E-state index contributed by atoms with van der Waals surface area (Å²) in [6.45, 7) is 3.09. The van der Waals surface area contributed by atoms with E-state index in [0.29, 0.717) is 5.41 Å². The summed E-state index contributed by atoms with van der Waals surface area (Å²) in [5.41, 5.74) is 6.21. The highest BCUT2D eigenvalue weighted by atomic mass is 32.1. The average Bonchev–Trinajstić information content (AvgIpc) is 2.57. The second-order valence-electron chi connectivity index (χ2n) is 3.65. The summed E-state index contributed by atoms with van der Waals surface area (Å²) < 4.78 is 0. The first kappa shape index (κ1) is 8.27. The highest BCUT2D eigenvalue weighted by Crippen LogP contribution is 2.56. The van der Waals surface area contributed by atoms with Crippen molar-refractivity contribution >= 4 is 11.3 Å². The molecule has 2 unspecified atom stereocenters. The van der Waals surface area contributed by atoms with Crippen molar-refractivity contribution in [2.75, 3.05) is 6.54 Å². The number of thiophene rings is 1. The van der Waals surface area contributed by atoms with Gasteiger partial charge in [0.25, 0.3) is 0 Å². The van der Waals surface area contributed by atoms with Gasteiger partial charge in [0, 0.05) is 16.8 Å². The van der Waals surface area contributed by atoms with E-state index < -0.39 is 0 Å². The molecule has 2 atom stereocenters. The van der Waals surface area contributed by atoms with E-state index in [0.717, 1.165) is 12.5 Å². The van der Waals surface area contributed by atoms with Gasteiger partial charge in [0.2, 0.25) is 0 Å². The Bertz CT molecular complexity index is 255. The lowest BCUT2D eigenvalue weighted by Gasteiger charge is -2.11. The minimum absolute atomic E-state index is 0.378. The largest absolute Gasteiger partial charge is 0.330 e. The minimum Gasteiger partial charge on any atom is -0.330 e. The predicted molar refractivity (Wildman–Crippen MR) is 53.4 cm³/mol. The first-order valence-corrected chi connectivity index (χ1v) is 5.45. The first-order valence-electron chi connectivity index (χ1n) is 4.57. The molecule has 0 aromatic carbocycles. The Morgan fingerprint density at radius 2 is 2.58 bits per heavy atom. The van der Waals surface area contributed by atoms with Crippen LogP contribution in [0.4, 0.5) is 0 Å². The van der Waals surface area contributed by atoms with Crippen LogP contribution in [0, 0.1) is 5.92 Å². The molecule has 66 valence electrons. The van der Waals surface area contributed by atoms with Crippen molar-refractivity contribution in [3.05, 3.63) is 22.4 Å². The summed E-state index contributed by atoms with van der Waals surface area (Å²) in [5.74, 6) is 0.848. The predicted octanol–water partition coefficient (Wildman–Crippen LogP) is 2.37. The molecule has 0 amide bonds. The molecule has 0 spiro atoms. The van der Waals surface area contributed by atoms with Gasteiger partial charge in [0.15, 0.2) is 0 Å². The summed E-state index contributed by atoms with van der Waals surface area (Å²) in [5, 5.41) is 2.15. The van der Waals surface area contributed by atoms with Gasteiger partial charge in [-0.2, -0.15) is 0 Å². The number of nitrogens with two attached hydrogens (primary N) is 1. The summed E-state index contributed by atoms with van der Waals surface area (Å²) in [6.07, 6.45) is 2.58. The molecule has 1 saturated carbocycles. The Morgan fingerprint density at radius 1 is 1.75 bits per heavy atom. The van der Waals surface area contributed by atoms with Crippen LogP contribution in [-0.4, -0.2) is 6.54 Å². The molecule has 2 heteroatoms. The lowest BCUT2D eigenvalue weighted by Crippen LogP contribution is -2.21. The van der Waals surface area contributed by atoms with E-state index in [1.807, 2.05) is 11.3 Å². The Morgan fingerprint density at radius 3 is 3.00 bits per heavy atom. The Labute approximate surface area is 77.6 Å². The smallest absolute Gasteiger partial charge is 0.0201 e. The Hall–Kier alpha value is -0.340. The van der Waals surface area contributed by atoms with Crippen LogP contribution in [0.5, 0.6) is 0 Å². The monoisotopic (exact) mass is 181 g/mol. The quantitative estimate of drug-likeness (QED) is 0.761. The van der Waals surface area contributed by atoms with E-state index in [-0.39, 0.29) is 0 Å². The Balaban J connectivity index is 2.22. The SMILES string of the molecule is CCC1CC1(CN)c1cccs1. The van der Waals surface area contributed by atoms with Gasteiger partial charge in [-0.3, -0.25) is 0 Å². The second-order valence-corrected chi connectivity index (χ2v) is 4.59. The van der Waals surface area contributed by atoms with Crippen molar-refractivity contribution in [2.45, 2.75) is 25.2 Å². The summed E-state index contributed by atoms with van der Waals surface area (Å²) >= 11 is 1.86. The third kappa shape index (κ3) is 1.02. The highest BCUT2D eigenvalue weighted by molar-refractivity contribution is 7.10. The third-order valence-electron chi connectivity index (χ3n) is 3.10. The first-order chi connectivity index (χ1) is 5.83. The maximum Gasteiger partial charge on any atom is 0.0201 e. The molecule has 0 radical (unpaired) electrons. The molecule has 2 N–H and O–H groups in total. The van der Waals surface area contributed by atoms with Crippen LogP contribution in [-0.2, 0) is 5.41 Å². The van der Waals surface area contributed by atoms with E-state index in [9.17, 15) is 0 Å². The van der Waals surface area contributed by atoms with Gasteiger partial charge in [-0.1, -0.05) is 19.4 Å². The van der Waals surface area contributed by atoms with Crippen LogP contribution < -0.4 is 5.73 Å². The van der Waals surface area contributed by atoms with Crippen LogP contribution in [0.15, 0.2) is 17.5 Å². The molecule has 1 nitrogen and oxygen atoms in total. The van der Waals surface area contributed by atoms with Gasteiger partial charge in [-0.15, -0.1) is 11.3 Å². The zero-order chi connectivity index (χ0) is 8.60. The van der Waals surface area contributed by atoms with Crippen molar-refractivity contribution in [3.8, 4) is 0 Å². The molecular weight excluding hydrogens is 166 g/mol. The summed E-state index contributed by atoms with van der Waals surface area (Å²) in [7, 11) is 0. The topological polar surface area (TPSA) is 26.0 Å². The maximum absolute atomic E-state index is 5.83. The molecule has 12 heavy (non-hydrogen) atoms. The maximum atomic E-state index is 5.83. The number of hydrogen-bond acceptors (Lipinski definition) is 2. The minimum atomic E-state index is 0.378. The fourth-order valence-corrected chi connectivity index (χ4v) is 3.16. The van der Waals surface area contributed by atoms with Gasteiger partial charge in [-0.25, -0.2) is 0 Å². The molecule has 1 heterocycles.